The van der Waals surface area contributed by atoms with Crippen molar-refractivity contribution in [1.82, 2.24) is 4.98 Å². The average Bonchev–Trinajstić information content (AvgIpc) is 2.40. The van der Waals surface area contributed by atoms with Crippen LogP contribution < -0.4 is 10.1 Å². The largest absolute Gasteiger partial charge is 0.435 e. The third-order valence-electron chi connectivity index (χ3n) is 2.36. The van der Waals surface area contributed by atoms with Crippen LogP contribution in [0, 0.1) is 11.6 Å². The molecule has 0 aliphatic carbocycles. The number of anilines is 1. The zero-order valence-electron chi connectivity index (χ0n) is 10.4. The van der Waals surface area contributed by atoms with E-state index >= 15 is 0 Å². The van der Waals surface area contributed by atoms with Gasteiger partial charge in [-0.1, -0.05) is 29.3 Å². The second kappa shape index (κ2) is 6.24. The van der Waals surface area contributed by atoms with Gasteiger partial charge >= 0.3 is 0 Å². The number of aromatic nitrogens is 1. The summed E-state index contributed by atoms with van der Waals surface area (Å²) in [6.45, 7) is 2.20. The minimum atomic E-state index is -0.930. The predicted molar refractivity (Wildman–Crippen MR) is 74.9 cm³/mol. The quantitative estimate of drug-likeness (QED) is 0.871. The molecular weight excluding hydrogens is 309 g/mol. The molecule has 20 heavy (non-hydrogen) atoms. The van der Waals surface area contributed by atoms with Crippen LogP contribution in [0.2, 0.25) is 10.0 Å². The molecule has 1 N–H and O–H groups in total. The summed E-state index contributed by atoms with van der Waals surface area (Å²) < 4.78 is 32.3. The van der Waals surface area contributed by atoms with Gasteiger partial charge in [-0.2, -0.15) is 4.98 Å². The van der Waals surface area contributed by atoms with Crippen LogP contribution in [0.25, 0.3) is 0 Å². The summed E-state index contributed by atoms with van der Waals surface area (Å²) >= 11 is 11.8. The van der Waals surface area contributed by atoms with Crippen molar-refractivity contribution < 1.29 is 13.5 Å². The van der Waals surface area contributed by atoms with Crippen LogP contribution in [-0.4, -0.2) is 11.5 Å². The van der Waals surface area contributed by atoms with Gasteiger partial charge in [0.15, 0.2) is 17.5 Å². The molecule has 0 fully saturated rings. The zero-order valence-corrected chi connectivity index (χ0v) is 11.9. The zero-order chi connectivity index (χ0) is 14.7. The maximum absolute atomic E-state index is 13.7. The van der Waals surface area contributed by atoms with Crippen molar-refractivity contribution in [3.05, 3.63) is 45.9 Å². The molecule has 2 aromatic rings. The smallest absolute Gasteiger partial charge is 0.258 e. The molecule has 0 amide bonds. The molecule has 1 heterocycles. The van der Waals surface area contributed by atoms with Gasteiger partial charge in [0, 0.05) is 12.6 Å². The van der Waals surface area contributed by atoms with Crippen molar-refractivity contribution in [2.75, 3.05) is 11.9 Å². The highest BCUT2D eigenvalue weighted by Gasteiger charge is 2.15. The Bertz CT molecular complexity index is 638. The molecule has 0 aliphatic heterocycles. The molecule has 0 bridgehead atoms. The van der Waals surface area contributed by atoms with E-state index in [0.717, 1.165) is 0 Å². The van der Waals surface area contributed by atoms with E-state index in [1.807, 2.05) is 0 Å². The van der Waals surface area contributed by atoms with Crippen LogP contribution in [0.4, 0.5) is 14.6 Å². The molecule has 0 radical (unpaired) electrons. The fourth-order valence-electron chi connectivity index (χ4n) is 1.48. The van der Waals surface area contributed by atoms with E-state index < -0.39 is 11.6 Å². The van der Waals surface area contributed by atoms with Crippen LogP contribution in [0.1, 0.15) is 6.92 Å². The Morgan fingerprint density at radius 3 is 2.70 bits per heavy atom. The number of benzene rings is 1. The van der Waals surface area contributed by atoms with Crippen LogP contribution in [0.3, 0.4) is 0 Å². The average molecular weight is 319 g/mol. The SMILES string of the molecule is CCNc1nc(Oc2cccc(Cl)c2Cl)c(F)cc1F. The lowest BCUT2D eigenvalue weighted by atomic mass is 10.3. The Labute approximate surface area is 124 Å². The molecule has 2 rings (SSSR count). The highest BCUT2D eigenvalue weighted by molar-refractivity contribution is 6.42. The number of ether oxygens (including phenoxy) is 1. The highest BCUT2D eigenvalue weighted by Crippen LogP contribution is 2.35. The predicted octanol–water partition coefficient (Wildman–Crippen LogP) is 4.89. The number of rotatable bonds is 4. The Balaban J connectivity index is 2.38. The van der Waals surface area contributed by atoms with Gasteiger partial charge in [0.2, 0.25) is 0 Å². The molecule has 0 saturated heterocycles. The third kappa shape index (κ3) is 3.11. The fraction of sp³-hybridized carbons (Fsp3) is 0.154. The van der Waals surface area contributed by atoms with E-state index in [1.165, 1.54) is 6.07 Å². The van der Waals surface area contributed by atoms with Gasteiger partial charge in [-0.25, -0.2) is 8.78 Å². The molecule has 0 saturated carbocycles. The molecule has 3 nitrogen and oxygen atoms in total. The Hall–Kier alpha value is -1.59. The molecule has 106 valence electrons. The monoisotopic (exact) mass is 318 g/mol. The van der Waals surface area contributed by atoms with Gasteiger partial charge < -0.3 is 10.1 Å². The van der Waals surface area contributed by atoms with E-state index in [2.05, 4.69) is 10.3 Å². The first-order valence-corrected chi connectivity index (χ1v) is 6.50. The van der Waals surface area contributed by atoms with Crippen molar-refractivity contribution in [3.8, 4) is 11.6 Å². The van der Waals surface area contributed by atoms with Gasteiger partial charge in [-0.3, -0.25) is 0 Å². The lowest BCUT2D eigenvalue weighted by molar-refractivity contribution is 0.418. The van der Waals surface area contributed by atoms with Gasteiger partial charge in [0.05, 0.1) is 5.02 Å². The van der Waals surface area contributed by atoms with Gasteiger partial charge in [0.1, 0.15) is 10.8 Å². The molecular formula is C13H10Cl2F2N2O. The summed E-state index contributed by atoms with van der Waals surface area (Å²) in [5.74, 6) is -2.07. The van der Waals surface area contributed by atoms with Crippen LogP contribution in [0.15, 0.2) is 24.3 Å². The Morgan fingerprint density at radius 2 is 2.00 bits per heavy atom. The molecule has 1 aromatic heterocycles. The van der Waals surface area contributed by atoms with Gasteiger partial charge in [0.25, 0.3) is 5.88 Å². The molecule has 0 spiro atoms. The summed E-state index contributed by atoms with van der Waals surface area (Å²) in [7, 11) is 0. The first-order valence-electron chi connectivity index (χ1n) is 5.74. The van der Waals surface area contributed by atoms with E-state index in [9.17, 15) is 8.78 Å². The number of nitrogens with zero attached hydrogens (tertiary/aromatic N) is 1. The number of nitrogens with one attached hydrogen (secondary N) is 1. The standard InChI is InChI=1S/C13H10Cl2F2N2O/c1-2-18-12-8(16)6-9(17)13(19-12)20-10-5-3-4-7(14)11(10)15/h3-6H,2H2,1H3,(H,18,19). The lowest BCUT2D eigenvalue weighted by Crippen LogP contribution is -2.04. The minimum absolute atomic E-state index is 0.0953. The summed E-state index contributed by atoms with van der Waals surface area (Å²) in [4.78, 5) is 3.74. The van der Waals surface area contributed by atoms with E-state index in [-0.39, 0.29) is 27.5 Å². The van der Waals surface area contributed by atoms with E-state index in [0.29, 0.717) is 12.6 Å². The van der Waals surface area contributed by atoms with Crippen LogP contribution in [0.5, 0.6) is 11.6 Å². The molecule has 7 heteroatoms. The first-order chi connectivity index (χ1) is 9.52. The number of hydrogen-bond acceptors (Lipinski definition) is 3. The topological polar surface area (TPSA) is 34.2 Å². The number of halogens is 4. The van der Waals surface area contributed by atoms with Crippen molar-refractivity contribution in [3.63, 3.8) is 0 Å². The summed E-state index contributed by atoms with van der Waals surface area (Å²) in [6.07, 6.45) is 0. The fourth-order valence-corrected chi connectivity index (χ4v) is 1.81. The highest BCUT2D eigenvalue weighted by atomic mass is 35.5. The number of hydrogen-bond donors (Lipinski definition) is 1. The molecule has 0 atom stereocenters. The third-order valence-corrected chi connectivity index (χ3v) is 3.17. The van der Waals surface area contributed by atoms with Crippen molar-refractivity contribution in [1.29, 1.82) is 0 Å². The Morgan fingerprint density at radius 1 is 1.25 bits per heavy atom. The molecule has 1 aromatic carbocycles. The molecule has 0 aliphatic rings. The van der Waals surface area contributed by atoms with Crippen molar-refractivity contribution in [2.45, 2.75) is 6.92 Å². The van der Waals surface area contributed by atoms with Gasteiger partial charge in [-0.05, 0) is 19.1 Å². The van der Waals surface area contributed by atoms with Crippen molar-refractivity contribution >= 4 is 29.0 Å². The summed E-state index contributed by atoms with van der Waals surface area (Å²) in [6, 6.07) is 5.36. The summed E-state index contributed by atoms with van der Waals surface area (Å²) in [5, 5.41) is 3.06. The van der Waals surface area contributed by atoms with Crippen molar-refractivity contribution in [2.24, 2.45) is 0 Å². The van der Waals surface area contributed by atoms with Crippen LogP contribution >= 0.6 is 23.2 Å². The van der Waals surface area contributed by atoms with E-state index in [4.69, 9.17) is 27.9 Å². The van der Waals surface area contributed by atoms with E-state index in [1.54, 1.807) is 19.1 Å². The normalized spacial score (nSPS) is 10.4. The second-order valence-corrected chi connectivity index (χ2v) is 4.58. The molecule has 0 unspecified atom stereocenters. The minimum Gasteiger partial charge on any atom is -0.435 e. The Kier molecular flexibility index (Phi) is 4.62. The van der Waals surface area contributed by atoms with Gasteiger partial charge in [-0.15, -0.1) is 0 Å². The maximum Gasteiger partial charge on any atom is 0.258 e. The summed E-state index contributed by atoms with van der Waals surface area (Å²) in [5.41, 5.74) is 0. The first kappa shape index (κ1) is 14.8. The second-order valence-electron chi connectivity index (χ2n) is 3.79. The lowest BCUT2D eigenvalue weighted by Gasteiger charge is -2.10. The number of pyridine rings is 1. The van der Waals surface area contributed by atoms with Crippen LogP contribution in [-0.2, 0) is 0 Å². The maximum atomic E-state index is 13.7.